The van der Waals surface area contributed by atoms with Crippen LogP contribution in [0.2, 0.25) is 0 Å². The molecule has 140 valence electrons. The first-order chi connectivity index (χ1) is 13.1. The summed E-state index contributed by atoms with van der Waals surface area (Å²) in [5.74, 6) is -1.38. The molecule has 0 saturated carbocycles. The van der Waals surface area contributed by atoms with Crippen molar-refractivity contribution in [1.82, 2.24) is 5.32 Å². The second-order valence-corrected chi connectivity index (χ2v) is 5.41. The number of urea groups is 1. The van der Waals surface area contributed by atoms with Gasteiger partial charge in [-0.15, -0.1) is 0 Å². The Hall–Kier alpha value is -3.61. The molecule has 2 amide bonds. The quantitative estimate of drug-likeness (QED) is 0.579. The number of ether oxygens (including phenoxy) is 2. The Morgan fingerprint density at radius 3 is 2.15 bits per heavy atom. The zero-order chi connectivity index (χ0) is 19.5. The van der Waals surface area contributed by atoms with Gasteiger partial charge in [0.15, 0.2) is 0 Å². The van der Waals surface area contributed by atoms with Crippen LogP contribution in [-0.4, -0.2) is 31.7 Å². The number of esters is 2. The Kier molecular flexibility index (Phi) is 7.59. The van der Waals surface area contributed by atoms with Crippen LogP contribution in [0.3, 0.4) is 0 Å². The highest BCUT2D eigenvalue weighted by atomic mass is 16.5. The van der Waals surface area contributed by atoms with Crippen LogP contribution in [0.5, 0.6) is 0 Å². The molecule has 0 aliphatic carbocycles. The van der Waals surface area contributed by atoms with Crippen molar-refractivity contribution in [1.29, 1.82) is 0 Å². The molecule has 0 heterocycles. The fourth-order valence-corrected chi connectivity index (χ4v) is 2.17. The van der Waals surface area contributed by atoms with Crippen LogP contribution < -0.4 is 10.6 Å². The average Bonchev–Trinajstić information content (AvgIpc) is 2.70. The fourth-order valence-electron chi connectivity index (χ4n) is 2.17. The number of methoxy groups -OCH3 is 1. The lowest BCUT2D eigenvalue weighted by atomic mass is 10.1. The van der Waals surface area contributed by atoms with Gasteiger partial charge in [0.25, 0.3) is 0 Å². The van der Waals surface area contributed by atoms with Gasteiger partial charge in [0.1, 0.15) is 6.61 Å². The summed E-state index contributed by atoms with van der Waals surface area (Å²) >= 11 is 0. The highest BCUT2D eigenvalue weighted by Gasteiger charge is 2.16. The van der Waals surface area contributed by atoms with E-state index in [9.17, 15) is 14.4 Å². The summed E-state index contributed by atoms with van der Waals surface area (Å²) in [7, 11) is 1.21. The van der Waals surface area contributed by atoms with E-state index in [1.165, 1.54) is 7.11 Å². The highest BCUT2D eigenvalue weighted by molar-refractivity contribution is 5.91. The number of nitrogens with one attached hydrogen (secondary N) is 2. The molecule has 0 radical (unpaired) electrons. The van der Waals surface area contributed by atoms with Crippen LogP contribution in [0.4, 0.5) is 10.5 Å². The predicted molar refractivity (Wildman–Crippen MR) is 99.9 cm³/mol. The third kappa shape index (κ3) is 7.03. The Labute approximate surface area is 157 Å². The summed E-state index contributed by atoms with van der Waals surface area (Å²) in [6.45, 7) is -0.101. The maximum absolute atomic E-state index is 12.3. The van der Waals surface area contributed by atoms with Crippen LogP contribution in [0, 0.1) is 0 Å². The molecule has 0 aliphatic rings. The lowest BCUT2D eigenvalue weighted by Gasteiger charge is -2.19. The SMILES string of the molecule is COC(=O)/C=C/C(=O)OC[C@H](NC(=O)Nc1ccccc1)c1ccccc1. The molecule has 0 spiro atoms. The van der Waals surface area contributed by atoms with Gasteiger partial charge in [0.05, 0.1) is 13.2 Å². The van der Waals surface area contributed by atoms with E-state index in [1.807, 2.05) is 36.4 Å². The second-order valence-electron chi connectivity index (χ2n) is 5.41. The molecule has 0 aromatic heterocycles. The van der Waals surface area contributed by atoms with Gasteiger partial charge in [0.2, 0.25) is 0 Å². The van der Waals surface area contributed by atoms with Crippen molar-refractivity contribution in [3.8, 4) is 0 Å². The van der Waals surface area contributed by atoms with Gasteiger partial charge in [-0.2, -0.15) is 0 Å². The minimum absolute atomic E-state index is 0.101. The molecule has 2 rings (SSSR count). The van der Waals surface area contributed by atoms with Crippen LogP contribution in [0.25, 0.3) is 0 Å². The average molecular weight is 368 g/mol. The molecule has 0 aliphatic heterocycles. The first kappa shape index (κ1) is 19.7. The molecule has 2 aromatic carbocycles. The Bertz CT molecular complexity index is 791. The van der Waals surface area contributed by atoms with Gasteiger partial charge in [-0.1, -0.05) is 48.5 Å². The number of rotatable bonds is 7. The van der Waals surface area contributed by atoms with Gasteiger partial charge < -0.3 is 20.1 Å². The van der Waals surface area contributed by atoms with Crippen LogP contribution in [0.1, 0.15) is 11.6 Å². The molecular weight excluding hydrogens is 348 g/mol. The molecule has 1 atom stereocenters. The number of carbonyl (C=O) groups is 3. The number of anilines is 1. The van der Waals surface area contributed by atoms with Crippen LogP contribution in [0.15, 0.2) is 72.8 Å². The second kappa shape index (κ2) is 10.4. The molecule has 0 bridgehead atoms. The Morgan fingerprint density at radius 1 is 0.926 bits per heavy atom. The van der Waals surface area contributed by atoms with E-state index in [0.717, 1.165) is 17.7 Å². The number of para-hydroxylation sites is 1. The van der Waals surface area contributed by atoms with Crippen molar-refractivity contribution in [2.24, 2.45) is 0 Å². The number of hydrogen-bond acceptors (Lipinski definition) is 5. The van der Waals surface area contributed by atoms with Crippen molar-refractivity contribution in [2.75, 3.05) is 19.0 Å². The highest BCUT2D eigenvalue weighted by Crippen LogP contribution is 2.14. The van der Waals surface area contributed by atoms with Gasteiger partial charge in [-0.25, -0.2) is 14.4 Å². The first-order valence-electron chi connectivity index (χ1n) is 8.19. The van der Waals surface area contributed by atoms with Crippen molar-refractivity contribution in [3.05, 3.63) is 78.4 Å². The van der Waals surface area contributed by atoms with Crippen LogP contribution >= 0.6 is 0 Å². The normalized spacial score (nSPS) is 11.4. The zero-order valence-electron chi connectivity index (χ0n) is 14.8. The Balaban J connectivity index is 1.99. The summed E-state index contributed by atoms with van der Waals surface area (Å²) in [6.07, 6.45) is 1.94. The number of hydrogen-bond donors (Lipinski definition) is 2. The summed E-state index contributed by atoms with van der Waals surface area (Å²) in [5, 5.41) is 5.48. The summed E-state index contributed by atoms with van der Waals surface area (Å²) in [6, 6.07) is 17.1. The summed E-state index contributed by atoms with van der Waals surface area (Å²) in [4.78, 5) is 35.0. The molecule has 2 aromatic rings. The first-order valence-corrected chi connectivity index (χ1v) is 8.19. The van der Waals surface area contributed by atoms with Gasteiger partial charge in [-0.05, 0) is 17.7 Å². The maximum Gasteiger partial charge on any atom is 0.331 e. The molecule has 7 heteroatoms. The summed E-state index contributed by atoms with van der Waals surface area (Å²) < 4.78 is 9.53. The standard InChI is InChI=1S/C20H20N2O5/c1-26-18(23)12-13-19(24)27-14-17(15-8-4-2-5-9-15)22-20(25)21-16-10-6-3-7-11-16/h2-13,17H,14H2,1H3,(H2,21,22,25)/b13-12+/t17-/m0/s1. The largest absolute Gasteiger partial charge is 0.466 e. The fraction of sp³-hybridized carbons (Fsp3) is 0.150. The van der Waals surface area contributed by atoms with Gasteiger partial charge >= 0.3 is 18.0 Å². The third-order valence-electron chi connectivity index (χ3n) is 3.49. The minimum Gasteiger partial charge on any atom is -0.466 e. The maximum atomic E-state index is 12.3. The molecule has 2 N–H and O–H groups in total. The van der Waals surface area contributed by atoms with E-state index in [4.69, 9.17) is 4.74 Å². The Morgan fingerprint density at radius 2 is 1.52 bits per heavy atom. The van der Waals surface area contributed by atoms with Crippen molar-refractivity contribution in [2.45, 2.75) is 6.04 Å². The number of amides is 2. The van der Waals surface area contributed by atoms with E-state index >= 15 is 0 Å². The molecule has 0 fully saturated rings. The molecule has 0 unspecified atom stereocenters. The summed E-state index contributed by atoms with van der Waals surface area (Å²) in [5.41, 5.74) is 1.41. The van der Waals surface area contributed by atoms with E-state index in [-0.39, 0.29) is 6.61 Å². The molecular formula is C20H20N2O5. The topological polar surface area (TPSA) is 93.7 Å². The third-order valence-corrected chi connectivity index (χ3v) is 3.49. The van der Waals surface area contributed by atoms with Crippen molar-refractivity contribution < 1.29 is 23.9 Å². The van der Waals surface area contributed by atoms with Crippen molar-refractivity contribution >= 4 is 23.7 Å². The van der Waals surface area contributed by atoms with E-state index in [2.05, 4.69) is 15.4 Å². The van der Waals surface area contributed by atoms with E-state index in [0.29, 0.717) is 5.69 Å². The van der Waals surface area contributed by atoms with E-state index in [1.54, 1.807) is 24.3 Å². The molecule has 0 saturated heterocycles. The number of carbonyl (C=O) groups excluding carboxylic acids is 3. The number of benzene rings is 2. The van der Waals surface area contributed by atoms with Gasteiger partial charge in [0, 0.05) is 17.8 Å². The minimum atomic E-state index is -0.716. The van der Waals surface area contributed by atoms with Gasteiger partial charge in [-0.3, -0.25) is 0 Å². The molecule has 27 heavy (non-hydrogen) atoms. The zero-order valence-corrected chi connectivity index (χ0v) is 14.8. The molecule has 7 nitrogen and oxygen atoms in total. The van der Waals surface area contributed by atoms with E-state index < -0.39 is 24.0 Å². The lowest BCUT2D eigenvalue weighted by molar-refractivity contribution is -0.139. The lowest BCUT2D eigenvalue weighted by Crippen LogP contribution is -2.35. The smallest absolute Gasteiger partial charge is 0.331 e. The predicted octanol–water partition coefficient (Wildman–Crippen LogP) is 2.82. The monoisotopic (exact) mass is 368 g/mol. The van der Waals surface area contributed by atoms with Crippen LogP contribution in [-0.2, 0) is 19.1 Å². The van der Waals surface area contributed by atoms with Crippen molar-refractivity contribution in [3.63, 3.8) is 0 Å².